The highest BCUT2D eigenvalue weighted by atomic mass is 16.3. The molecule has 0 aromatic heterocycles. The number of aliphatic hydroxyl groups excluding tert-OH is 1. The zero-order chi connectivity index (χ0) is 19.2. The Morgan fingerprint density at radius 3 is 2.59 bits per heavy atom. The van der Waals surface area contributed by atoms with Gasteiger partial charge in [-0.25, -0.2) is 0 Å². The van der Waals surface area contributed by atoms with Crippen LogP contribution >= 0.6 is 0 Å². The molecule has 2 bridgehead atoms. The fourth-order valence-corrected chi connectivity index (χ4v) is 6.50. The highest BCUT2D eigenvalue weighted by Gasteiger charge is 2.75. The molecule has 1 heterocycles. The molecule has 0 spiro atoms. The average Bonchev–Trinajstić information content (AvgIpc) is 3.43. The van der Waals surface area contributed by atoms with Gasteiger partial charge in [0.2, 0.25) is 11.6 Å². The molecule has 0 amide bonds. The Balaban J connectivity index is 1.74. The van der Waals surface area contributed by atoms with Crippen LogP contribution < -0.4 is 0 Å². The van der Waals surface area contributed by atoms with Crippen molar-refractivity contribution in [3.63, 3.8) is 0 Å². The van der Waals surface area contributed by atoms with Crippen molar-refractivity contribution >= 4 is 17.3 Å². The number of aliphatic hydroxyl groups is 2. The van der Waals surface area contributed by atoms with Gasteiger partial charge in [0.25, 0.3) is 0 Å². The molecule has 2 saturated carbocycles. The van der Waals surface area contributed by atoms with Gasteiger partial charge in [-0.05, 0) is 43.4 Å². The van der Waals surface area contributed by atoms with E-state index in [4.69, 9.17) is 0 Å². The third-order valence-corrected chi connectivity index (χ3v) is 7.97. The zero-order valence-electron chi connectivity index (χ0n) is 15.6. The van der Waals surface area contributed by atoms with E-state index in [0.29, 0.717) is 28.9 Å². The average molecular weight is 372 g/mol. The van der Waals surface area contributed by atoms with Gasteiger partial charge in [-0.3, -0.25) is 14.4 Å². The minimum Gasteiger partial charge on any atom is -0.385 e. The number of carbonyl (C=O) groups excluding carboxylic acids is 3. The number of likely N-dealkylation sites (tertiary alicyclic amines) is 1. The lowest BCUT2D eigenvalue weighted by atomic mass is 9.45. The molecular weight excluding hydrogens is 346 g/mol. The molecule has 5 rings (SSSR count). The number of allylic oxidation sites excluding steroid dienone is 3. The van der Waals surface area contributed by atoms with Crippen molar-refractivity contribution < 1.29 is 29.1 Å². The molecule has 4 aliphatic carbocycles. The Labute approximate surface area is 158 Å². The summed E-state index contributed by atoms with van der Waals surface area (Å²) in [4.78, 5) is 38.3. The first kappa shape index (κ1) is 17.5. The molecular formula is C21H26NO5+. The van der Waals surface area contributed by atoms with Gasteiger partial charge in [-0.1, -0.05) is 6.08 Å². The maximum absolute atomic E-state index is 13.3. The molecule has 0 aromatic rings. The molecule has 5 aliphatic rings. The monoisotopic (exact) mass is 372 g/mol. The summed E-state index contributed by atoms with van der Waals surface area (Å²) in [6, 6.07) is -0.305. The van der Waals surface area contributed by atoms with Gasteiger partial charge in [-0.2, -0.15) is 0 Å². The van der Waals surface area contributed by atoms with Crippen LogP contribution in [0.1, 0.15) is 32.1 Å². The number of likely N-dealkylation sites (N-methyl/N-ethyl adjacent to an activating group) is 1. The molecule has 1 aliphatic heterocycles. The van der Waals surface area contributed by atoms with Crippen molar-refractivity contribution in [3.8, 4) is 0 Å². The lowest BCUT2D eigenvalue weighted by Crippen LogP contribution is -2.80. The van der Waals surface area contributed by atoms with Gasteiger partial charge in [0, 0.05) is 12.3 Å². The van der Waals surface area contributed by atoms with E-state index in [1.807, 2.05) is 6.08 Å². The predicted octanol–water partition coefficient (Wildman–Crippen LogP) is 0.321. The highest BCUT2D eigenvalue weighted by Crippen LogP contribution is 2.62. The van der Waals surface area contributed by atoms with Crippen molar-refractivity contribution in [2.75, 3.05) is 20.1 Å². The minimum absolute atomic E-state index is 0.199. The van der Waals surface area contributed by atoms with Crippen molar-refractivity contribution in [1.82, 2.24) is 0 Å². The molecule has 27 heavy (non-hydrogen) atoms. The second kappa shape index (κ2) is 5.25. The molecule has 3 fully saturated rings. The smallest absolute Gasteiger partial charge is 0.222 e. The molecule has 6 atom stereocenters. The maximum Gasteiger partial charge on any atom is 0.222 e. The van der Waals surface area contributed by atoms with Gasteiger partial charge >= 0.3 is 0 Å². The minimum atomic E-state index is -1.40. The first-order valence-corrected chi connectivity index (χ1v) is 10.00. The second-order valence-electron chi connectivity index (χ2n) is 9.50. The number of quaternary nitrogens is 1. The van der Waals surface area contributed by atoms with Gasteiger partial charge < -0.3 is 14.7 Å². The van der Waals surface area contributed by atoms with E-state index >= 15 is 0 Å². The molecule has 144 valence electrons. The van der Waals surface area contributed by atoms with Crippen LogP contribution in [0.15, 0.2) is 23.8 Å². The molecule has 6 nitrogen and oxygen atoms in total. The summed E-state index contributed by atoms with van der Waals surface area (Å²) in [5, 5.41) is 22.3. The van der Waals surface area contributed by atoms with E-state index in [0.717, 1.165) is 6.54 Å². The highest BCUT2D eigenvalue weighted by molar-refractivity contribution is 6.44. The van der Waals surface area contributed by atoms with E-state index in [1.54, 1.807) is 6.08 Å². The number of hydrogen-bond donors (Lipinski definition) is 2. The third-order valence-electron chi connectivity index (χ3n) is 7.97. The third kappa shape index (κ3) is 2.04. The fraction of sp³-hybridized carbons (Fsp3) is 0.667. The Hall–Kier alpha value is -1.63. The zero-order valence-corrected chi connectivity index (χ0v) is 15.6. The summed E-state index contributed by atoms with van der Waals surface area (Å²) in [6.07, 6.45) is 6.89. The summed E-state index contributed by atoms with van der Waals surface area (Å²) in [6.45, 7) is 1.61. The number of Topliss-reactive ketones (excluding diaryl/α,β-unsaturated/α-hetero) is 2. The van der Waals surface area contributed by atoms with Crippen LogP contribution in [0.4, 0.5) is 0 Å². The summed E-state index contributed by atoms with van der Waals surface area (Å²) >= 11 is 0. The van der Waals surface area contributed by atoms with E-state index in [-0.39, 0.29) is 18.9 Å². The molecule has 0 aromatic carbocycles. The first-order chi connectivity index (χ1) is 12.7. The number of piperidine rings is 1. The Morgan fingerprint density at radius 1 is 1.15 bits per heavy atom. The molecule has 6 heteroatoms. The summed E-state index contributed by atoms with van der Waals surface area (Å²) in [5.74, 6) is -2.01. The fourth-order valence-electron chi connectivity index (χ4n) is 6.50. The van der Waals surface area contributed by atoms with Crippen molar-refractivity contribution in [3.05, 3.63) is 23.8 Å². The first-order valence-electron chi connectivity index (χ1n) is 10.00. The van der Waals surface area contributed by atoms with Gasteiger partial charge in [0.1, 0.15) is 17.7 Å². The van der Waals surface area contributed by atoms with Crippen molar-refractivity contribution in [2.45, 2.75) is 49.9 Å². The van der Waals surface area contributed by atoms with E-state index in [1.165, 1.54) is 18.9 Å². The molecule has 1 saturated heterocycles. The maximum atomic E-state index is 13.3. The quantitative estimate of drug-likeness (QED) is 0.538. The number of ketones is 3. The van der Waals surface area contributed by atoms with Gasteiger partial charge in [0.15, 0.2) is 5.78 Å². The second-order valence-corrected chi connectivity index (χ2v) is 9.50. The number of fused-ring (bicyclic) bond motifs is 1. The van der Waals surface area contributed by atoms with Crippen LogP contribution in [-0.2, 0) is 14.4 Å². The van der Waals surface area contributed by atoms with Crippen LogP contribution in [0.2, 0.25) is 0 Å². The van der Waals surface area contributed by atoms with Crippen LogP contribution in [0.5, 0.6) is 0 Å². The standard InChI is InChI=1S/C21H26NO5/c1-22(11-12-2-3-12)9-8-20-17-13(4-5-14(23)18(17)25)10-16(22)21(20,27)7-6-15(24)19(20)26/h4-5,10,12,15-17,24,27H,2-3,6-9,11H2,1H3/q+1/t15?,16-,17?,20+,21-,22?/m1/s1. The Morgan fingerprint density at radius 2 is 1.89 bits per heavy atom. The normalized spacial score (nSPS) is 48.8. The van der Waals surface area contributed by atoms with E-state index in [2.05, 4.69) is 7.05 Å². The summed E-state index contributed by atoms with van der Waals surface area (Å²) in [5.41, 5.74) is -2.13. The van der Waals surface area contributed by atoms with Crippen molar-refractivity contribution in [2.24, 2.45) is 17.3 Å². The summed E-state index contributed by atoms with van der Waals surface area (Å²) in [7, 11) is 2.14. The Bertz CT molecular complexity index is 826. The predicted molar refractivity (Wildman–Crippen MR) is 95.4 cm³/mol. The number of carbonyl (C=O) groups is 3. The van der Waals surface area contributed by atoms with Crippen LogP contribution in [0, 0.1) is 17.3 Å². The van der Waals surface area contributed by atoms with Crippen LogP contribution in [-0.4, -0.2) is 69.9 Å². The summed E-state index contributed by atoms with van der Waals surface area (Å²) < 4.78 is 0.651. The largest absolute Gasteiger partial charge is 0.385 e. The van der Waals surface area contributed by atoms with E-state index < -0.39 is 40.4 Å². The number of rotatable bonds is 2. The lowest BCUT2D eigenvalue weighted by molar-refractivity contribution is -0.944. The van der Waals surface area contributed by atoms with Gasteiger partial charge in [0.05, 0.1) is 31.5 Å². The topological polar surface area (TPSA) is 91.7 Å². The number of hydrogen-bond acceptors (Lipinski definition) is 5. The molecule has 3 unspecified atom stereocenters. The number of nitrogens with zero attached hydrogens (tertiary/aromatic N) is 1. The lowest BCUT2D eigenvalue weighted by Gasteiger charge is -2.65. The SMILES string of the molecule is C[N+]1(CC2CC2)CC[C@]23C(=O)C(O)CC[C@@]2(O)[C@H]1C=C1C=CC(=O)C(=O)C13. The van der Waals surface area contributed by atoms with Crippen LogP contribution in [0.25, 0.3) is 0 Å². The van der Waals surface area contributed by atoms with Crippen LogP contribution in [0.3, 0.4) is 0 Å². The molecule has 0 radical (unpaired) electrons. The van der Waals surface area contributed by atoms with E-state index in [9.17, 15) is 24.6 Å². The molecule has 2 N–H and O–H groups in total. The van der Waals surface area contributed by atoms with Gasteiger partial charge in [-0.15, -0.1) is 0 Å². The Kier molecular flexibility index (Phi) is 3.39. The van der Waals surface area contributed by atoms with Crippen molar-refractivity contribution in [1.29, 1.82) is 0 Å².